The number of aromatic nitrogens is 2. The molecular weight excluding hydrogens is 494 g/mol. The van der Waals surface area contributed by atoms with Crippen LogP contribution in [0.1, 0.15) is 6.42 Å². The van der Waals surface area contributed by atoms with Crippen molar-refractivity contribution in [2.24, 2.45) is 0 Å². The van der Waals surface area contributed by atoms with E-state index in [1.807, 2.05) is 66.7 Å². The van der Waals surface area contributed by atoms with Crippen molar-refractivity contribution in [3.63, 3.8) is 0 Å². The van der Waals surface area contributed by atoms with Crippen LogP contribution < -0.4 is 20.1 Å². The molecule has 9 nitrogen and oxygen atoms in total. The Kier molecular flexibility index (Phi) is 8.62. The zero-order valence-corrected chi connectivity index (χ0v) is 21.6. The third kappa shape index (κ3) is 7.10. The predicted molar refractivity (Wildman–Crippen MR) is 152 cm³/mol. The molecule has 39 heavy (non-hydrogen) atoms. The van der Waals surface area contributed by atoms with Gasteiger partial charge < -0.3 is 24.8 Å². The summed E-state index contributed by atoms with van der Waals surface area (Å²) in [4.78, 5) is 23.4. The van der Waals surface area contributed by atoms with Crippen LogP contribution in [0, 0.1) is 0 Å². The van der Waals surface area contributed by atoms with Crippen molar-refractivity contribution in [3.05, 3.63) is 85.7 Å². The molecule has 0 saturated carbocycles. The maximum atomic E-state index is 12.2. The largest absolute Gasteiger partial charge is 0.491 e. The van der Waals surface area contributed by atoms with Gasteiger partial charge in [0.2, 0.25) is 5.91 Å². The Bertz CT molecular complexity index is 1410. The molecular formula is C30H31N5O4. The highest BCUT2D eigenvalue weighted by Crippen LogP contribution is 2.34. The smallest absolute Gasteiger partial charge is 0.247 e. The van der Waals surface area contributed by atoms with E-state index in [1.54, 1.807) is 0 Å². The van der Waals surface area contributed by atoms with E-state index in [2.05, 4.69) is 32.1 Å². The van der Waals surface area contributed by atoms with Crippen molar-refractivity contribution in [3.8, 4) is 17.2 Å². The summed E-state index contributed by atoms with van der Waals surface area (Å²) in [6.45, 7) is 8.41. The molecule has 0 atom stereocenters. The van der Waals surface area contributed by atoms with Crippen LogP contribution in [0.5, 0.6) is 17.2 Å². The molecule has 1 aliphatic rings. The number of ether oxygens (including phenoxy) is 3. The highest BCUT2D eigenvalue weighted by molar-refractivity contribution is 6.03. The number of rotatable bonds is 11. The quantitative estimate of drug-likeness (QED) is 0.199. The van der Waals surface area contributed by atoms with E-state index in [9.17, 15) is 4.79 Å². The van der Waals surface area contributed by atoms with Gasteiger partial charge in [-0.1, -0.05) is 24.8 Å². The number of para-hydroxylation sites is 1. The number of fused-ring (bicyclic) bond motifs is 1. The van der Waals surface area contributed by atoms with Crippen LogP contribution in [0.15, 0.2) is 85.7 Å². The van der Waals surface area contributed by atoms with Crippen LogP contribution in [-0.2, 0) is 9.53 Å². The van der Waals surface area contributed by atoms with E-state index in [4.69, 9.17) is 14.2 Å². The normalized spacial score (nSPS) is 13.5. The second-order valence-electron chi connectivity index (χ2n) is 9.00. The molecule has 1 fully saturated rings. The number of benzene rings is 3. The Labute approximate surface area is 227 Å². The van der Waals surface area contributed by atoms with Gasteiger partial charge in [-0.25, -0.2) is 9.97 Å². The van der Waals surface area contributed by atoms with Crippen LogP contribution in [0.25, 0.3) is 10.9 Å². The average molecular weight is 526 g/mol. The number of anilines is 3. The topological polar surface area (TPSA) is 97.8 Å². The van der Waals surface area contributed by atoms with Crippen molar-refractivity contribution in [2.45, 2.75) is 6.42 Å². The third-order valence-electron chi connectivity index (χ3n) is 6.26. The second kappa shape index (κ2) is 12.9. The Morgan fingerprint density at radius 1 is 1.03 bits per heavy atom. The lowest BCUT2D eigenvalue weighted by molar-refractivity contribution is -0.111. The lowest BCUT2D eigenvalue weighted by Crippen LogP contribution is -2.37. The number of carbonyl (C=O) groups is 1. The van der Waals surface area contributed by atoms with Crippen LogP contribution in [0.3, 0.4) is 0 Å². The van der Waals surface area contributed by atoms with Crippen molar-refractivity contribution in [2.75, 3.05) is 50.1 Å². The van der Waals surface area contributed by atoms with Gasteiger partial charge in [-0.05, 0) is 55.0 Å². The van der Waals surface area contributed by atoms with Gasteiger partial charge in [-0.3, -0.25) is 9.69 Å². The third-order valence-corrected chi connectivity index (χ3v) is 6.26. The minimum absolute atomic E-state index is 0.326. The lowest BCUT2D eigenvalue weighted by Gasteiger charge is -2.26. The van der Waals surface area contributed by atoms with Crippen LogP contribution in [-0.4, -0.2) is 60.2 Å². The van der Waals surface area contributed by atoms with Gasteiger partial charge in [0.05, 0.1) is 31.0 Å². The molecule has 2 N–H and O–H groups in total. The van der Waals surface area contributed by atoms with E-state index in [1.165, 1.54) is 12.4 Å². The van der Waals surface area contributed by atoms with Gasteiger partial charge in [0.15, 0.2) is 0 Å². The maximum Gasteiger partial charge on any atom is 0.247 e. The van der Waals surface area contributed by atoms with E-state index < -0.39 is 0 Å². The molecule has 0 aliphatic carbocycles. The Morgan fingerprint density at radius 2 is 1.79 bits per heavy atom. The average Bonchev–Trinajstić information content (AvgIpc) is 2.98. The monoisotopic (exact) mass is 525 g/mol. The predicted octanol–water partition coefficient (Wildman–Crippen LogP) is 5.39. The SMILES string of the molecule is C=CC(=O)Nc1cc2c(Nc3ccc(Oc4ccccc4)cc3)ncnc2cc1OCCCN1CCOCC1. The fourth-order valence-corrected chi connectivity index (χ4v) is 4.25. The van der Waals surface area contributed by atoms with Crippen molar-refractivity contribution >= 4 is 34.0 Å². The standard InChI is InChI=1S/C30H31N5O4/c1-2-29(36)34-27-19-25-26(20-28(27)38-16-6-13-35-14-17-37-18-15-35)31-21-32-30(25)33-22-9-11-24(12-10-22)39-23-7-4-3-5-8-23/h2-5,7-12,19-21H,1,6,13-18H2,(H,34,36)(H,31,32,33). The van der Waals surface area contributed by atoms with Crippen molar-refractivity contribution in [1.82, 2.24) is 14.9 Å². The zero-order valence-electron chi connectivity index (χ0n) is 21.6. The highest BCUT2D eigenvalue weighted by atomic mass is 16.5. The molecule has 0 unspecified atom stereocenters. The summed E-state index contributed by atoms with van der Waals surface area (Å²) in [5, 5.41) is 6.94. The van der Waals surface area contributed by atoms with Gasteiger partial charge in [0.1, 0.15) is 29.4 Å². The van der Waals surface area contributed by atoms with Gasteiger partial charge in [-0.15, -0.1) is 0 Å². The van der Waals surface area contributed by atoms with E-state index in [0.717, 1.165) is 61.8 Å². The summed E-state index contributed by atoms with van der Waals surface area (Å²) < 4.78 is 17.4. The summed E-state index contributed by atoms with van der Waals surface area (Å²) in [7, 11) is 0. The summed E-state index contributed by atoms with van der Waals surface area (Å²) in [6, 6.07) is 20.9. The minimum atomic E-state index is -0.326. The first-order valence-electron chi connectivity index (χ1n) is 12.9. The number of hydrogen-bond acceptors (Lipinski definition) is 8. The number of nitrogens with zero attached hydrogens (tertiary/aromatic N) is 3. The number of morpholine rings is 1. The first kappa shape index (κ1) is 26.1. The van der Waals surface area contributed by atoms with E-state index in [0.29, 0.717) is 29.4 Å². The number of carbonyl (C=O) groups excluding carboxylic acids is 1. The number of amides is 1. The molecule has 200 valence electrons. The molecule has 3 aromatic carbocycles. The van der Waals surface area contributed by atoms with Crippen LogP contribution in [0.4, 0.5) is 17.2 Å². The van der Waals surface area contributed by atoms with Crippen LogP contribution >= 0.6 is 0 Å². The fourth-order valence-electron chi connectivity index (χ4n) is 4.25. The first-order chi connectivity index (χ1) is 19.2. The summed E-state index contributed by atoms with van der Waals surface area (Å²) in [5.74, 6) is 2.32. The minimum Gasteiger partial charge on any atom is -0.491 e. The van der Waals surface area contributed by atoms with Gasteiger partial charge in [0.25, 0.3) is 0 Å². The fraction of sp³-hybridized carbons (Fsp3) is 0.233. The zero-order chi connectivity index (χ0) is 26.9. The summed E-state index contributed by atoms with van der Waals surface area (Å²) >= 11 is 0. The number of nitrogens with one attached hydrogen (secondary N) is 2. The van der Waals surface area contributed by atoms with Crippen LogP contribution in [0.2, 0.25) is 0 Å². The Balaban J connectivity index is 1.31. The molecule has 1 amide bonds. The molecule has 0 bridgehead atoms. The van der Waals surface area contributed by atoms with Crippen molar-refractivity contribution < 1.29 is 19.0 Å². The van der Waals surface area contributed by atoms with Crippen molar-refractivity contribution in [1.29, 1.82) is 0 Å². The molecule has 2 heterocycles. The molecule has 9 heteroatoms. The lowest BCUT2D eigenvalue weighted by atomic mass is 10.1. The summed E-state index contributed by atoms with van der Waals surface area (Å²) in [5.41, 5.74) is 2.05. The Morgan fingerprint density at radius 3 is 2.56 bits per heavy atom. The molecule has 5 rings (SSSR count). The molecule has 1 aromatic heterocycles. The molecule has 4 aromatic rings. The van der Waals surface area contributed by atoms with Gasteiger partial charge in [-0.2, -0.15) is 0 Å². The van der Waals surface area contributed by atoms with E-state index >= 15 is 0 Å². The molecule has 0 spiro atoms. The number of hydrogen-bond donors (Lipinski definition) is 2. The van der Waals surface area contributed by atoms with E-state index in [-0.39, 0.29) is 5.91 Å². The van der Waals surface area contributed by atoms with Gasteiger partial charge in [0, 0.05) is 36.8 Å². The summed E-state index contributed by atoms with van der Waals surface area (Å²) in [6.07, 6.45) is 3.58. The van der Waals surface area contributed by atoms with Gasteiger partial charge >= 0.3 is 0 Å². The highest BCUT2D eigenvalue weighted by Gasteiger charge is 2.14. The molecule has 0 radical (unpaired) electrons. The molecule has 1 aliphatic heterocycles. The molecule has 1 saturated heterocycles. The first-order valence-corrected chi connectivity index (χ1v) is 12.9. The Hall–Kier alpha value is -4.47. The maximum absolute atomic E-state index is 12.2. The second-order valence-corrected chi connectivity index (χ2v) is 9.00.